The van der Waals surface area contributed by atoms with Crippen LogP contribution in [0.15, 0.2) is 30.3 Å². The fraction of sp³-hybridized carbons (Fsp3) is 0.350. The summed E-state index contributed by atoms with van der Waals surface area (Å²) in [6, 6.07) is 8.41. The van der Waals surface area contributed by atoms with E-state index in [9.17, 15) is 14.4 Å². The Kier molecular flexibility index (Phi) is 5.04. The maximum Gasteiger partial charge on any atom is 0.338 e. The standard InChI is InChI=1S/C20H22N2O4/c1-4-12-26-20(25)14-8-9-16-17-13(14)6-5-7-15(17)18(23)22(19(16)24)11-10-21(2)3/h5-9H,4,10-12H2,1-3H3. The summed E-state index contributed by atoms with van der Waals surface area (Å²) >= 11 is 0. The molecular formula is C20H22N2O4. The average Bonchev–Trinajstić information content (AvgIpc) is 2.63. The highest BCUT2D eigenvalue weighted by molar-refractivity contribution is 6.27. The second-order valence-electron chi connectivity index (χ2n) is 6.59. The number of hydrogen-bond acceptors (Lipinski definition) is 5. The van der Waals surface area contributed by atoms with E-state index in [2.05, 4.69) is 0 Å². The van der Waals surface area contributed by atoms with Crippen LogP contribution in [0, 0.1) is 0 Å². The number of carbonyl (C=O) groups excluding carboxylic acids is 3. The van der Waals surface area contributed by atoms with Crippen LogP contribution < -0.4 is 0 Å². The lowest BCUT2D eigenvalue weighted by atomic mass is 9.91. The van der Waals surface area contributed by atoms with E-state index in [0.717, 1.165) is 6.42 Å². The van der Waals surface area contributed by atoms with Gasteiger partial charge in [0.1, 0.15) is 0 Å². The lowest BCUT2D eigenvalue weighted by Crippen LogP contribution is -2.43. The molecule has 1 aliphatic rings. The van der Waals surface area contributed by atoms with Gasteiger partial charge in [0.05, 0.1) is 12.2 Å². The van der Waals surface area contributed by atoms with Gasteiger partial charge in [-0.05, 0) is 44.1 Å². The van der Waals surface area contributed by atoms with Gasteiger partial charge in [0, 0.05) is 29.6 Å². The molecule has 0 saturated heterocycles. The summed E-state index contributed by atoms with van der Waals surface area (Å²) in [6.45, 7) is 3.16. The van der Waals surface area contributed by atoms with Crippen LogP contribution in [-0.4, -0.2) is 61.4 Å². The van der Waals surface area contributed by atoms with Crippen molar-refractivity contribution in [2.24, 2.45) is 0 Å². The molecule has 0 bridgehead atoms. The Morgan fingerprint density at radius 2 is 1.77 bits per heavy atom. The number of benzene rings is 2. The highest BCUT2D eigenvalue weighted by Gasteiger charge is 2.33. The molecule has 2 aromatic carbocycles. The van der Waals surface area contributed by atoms with E-state index in [1.165, 1.54) is 4.90 Å². The van der Waals surface area contributed by atoms with Crippen molar-refractivity contribution in [1.82, 2.24) is 9.80 Å². The molecule has 6 heteroatoms. The van der Waals surface area contributed by atoms with E-state index in [4.69, 9.17) is 4.74 Å². The minimum atomic E-state index is -0.439. The summed E-state index contributed by atoms with van der Waals surface area (Å²) in [5.41, 5.74) is 1.27. The van der Waals surface area contributed by atoms with Crippen molar-refractivity contribution in [1.29, 1.82) is 0 Å². The van der Waals surface area contributed by atoms with Crippen LogP contribution in [0.25, 0.3) is 10.8 Å². The maximum absolute atomic E-state index is 12.8. The summed E-state index contributed by atoms with van der Waals surface area (Å²) in [5.74, 6) is -1.09. The van der Waals surface area contributed by atoms with Crippen LogP contribution in [0.2, 0.25) is 0 Å². The molecule has 0 aromatic heterocycles. The lowest BCUT2D eigenvalue weighted by Gasteiger charge is -2.28. The Morgan fingerprint density at radius 1 is 1.08 bits per heavy atom. The topological polar surface area (TPSA) is 66.9 Å². The molecule has 6 nitrogen and oxygen atoms in total. The first kappa shape index (κ1) is 18.1. The predicted molar refractivity (Wildman–Crippen MR) is 98.4 cm³/mol. The Balaban J connectivity index is 2.08. The van der Waals surface area contributed by atoms with Crippen molar-refractivity contribution in [2.75, 3.05) is 33.8 Å². The van der Waals surface area contributed by atoms with Crippen LogP contribution in [0.1, 0.15) is 44.4 Å². The zero-order valence-corrected chi connectivity index (χ0v) is 15.2. The molecule has 1 heterocycles. The second kappa shape index (κ2) is 7.25. The number of carbonyl (C=O) groups is 3. The van der Waals surface area contributed by atoms with E-state index < -0.39 is 5.97 Å². The van der Waals surface area contributed by atoms with Crippen LogP contribution in [0.5, 0.6) is 0 Å². The number of esters is 1. The van der Waals surface area contributed by atoms with Gasteiger partial charge in [0.2, 0.25) is 0 Å². The number of hydrogen-bond donors (Lipinski definition) is 0. The van der Waals surface area contributed by atoms with E-state index in [-0.39, 0.29) is 11.8 Å². The summed E-state index contributed by atoms with van der Waals surface area (Å²) in [6.07, 6.45) is 0.727. The minimum absolute atomic E-state index is 0.320. The highest BCUT2D eigenvalue weighted by atomic mass is 16.5. The first-order chi connectivity index (χ1) is 12.5. The van der Waals surface area contributed by atoms with E-state index in [0.29, 0.717) is 47.2 Å². The zero-order valence-electron chi connectivity index (χ0n) is 15.2. The SMILES string of the molecule is CCCOC(=O)c1ccc2c3c(cccc13)C(=O)N(CCN(C)C)C2=O. The number of nitrogens with zero attached hydrogens (tertiary/aromatic N) is 2. The molecule has 0 saturated carbocycles. The fourth-order valence-electron chi connectivity index (χ4n) is 3.10. The molecule has 26 heavy (non-hydrogen) atoms. The van der Waals surface area contributed by atoms with Crippen LogP contribution in [0.4, 0.5) is 0 Å². The van der Waals surface area contributed by atoms with Gasteiger partial charge in [-0.2, -0.15) is 0 Å². The molecule has 0 radical (unpaired) electrons. The number of ether oxygens (including phenoxy) is 1. The van der Waals surface area contributed by atoms with Gasteiger partial charge in [-0.1, -0.05) is 19.1 Å². The predicted octanol–water partition coefficient (Wildman–Crippen LogP) is 2.56. The molecule has 0 spiro atoms. The third-order valence-corrected chi connectivity index (χ3v) is 4.42. The van der Waals surface area contributed by atoms with E-state index in [1.807, 2.05) is 25.9 Å². The Hall–Kier alpha value is -2.73. The molecule has 0 fully saturated rings. The first-order valence-corrected chi connectivity index (χ1v) is 8.69. The fourth-order valence-corrected chi connectivity index (χ4v) is 3.10. The van der Waals surface area contributed by atoms with Crippen molar-refractivity contribution in [2.45, 2.75) is 13.3 Å². The summed E-state index contributed by atoms with van der Waals surface area (Å²) in [4.78, 5) is 41.2. The smallest absolute Gasteiger partial charge is 0.338 e. The van der Waals surface area contributed by atoms with Crippen molar-refractivity contribution in [3.05, 3.63) is 47.0 Å². The number of amides is 2. The number of likely N-dealkylation sites (N-methyl/N-ethyl adjacent to an activating group) is 1. The molecule has 2 amide bonds. The minimum Gasteiger partial charge on any atom is -0.462 e. The van der Waals surface area contributed by atoms with Crippen molar-refractivity contribution in [3.63, 3.8) is 0 Å². The van der Waals surface area contributed by atoms with Crippen molar-refractivity contribution in [3.8, 4) is 0 Å². The largest absolute Gasteiger partial charge is 0.462 e. The molecule has 0 atom stereocenters. The molecule has 0 unspecified atom stereocenters. The third-order valence-electron chi connectivity index (χ3n) is 4.42. The van der Waals surface area contributed by atoms with E-state index >= 15 is 0 Å². The molecule has 3 rings (SSSR count). The maximum atomic E-state index is 12.8. The normalized spacial score (nSPS) is 13.6. The number of rotatable bonds is 6. The summed E-state index contributed by atoms with van der Waals surface area (Å²) in [7, 11) is 3.78. The lowest BCUT2D eigenvalue weighted by molar-refractivity contribution is 0.0504. The molecule has 1 aliphatic heterocycles. The Labute approximate surface area is 152 Å². The molecule has 0 aliphatic carbocycles. The van der Waals surface area contributed by atoms with Crippen molar-refractivity contribution < 1.29 is 19.1 Å². The highest BCUT2D eigenvalue weighted by Crippen LogP contribution is 2.32. The van der Waals surface area contributed by atoms with Gasteiger partial charge in [-0.15, -0.1) is 0 Å². The van der Waals surface area contributed by atoms with Gasteiger partial charge < -0.3 is 9.64 Å². The van der Waals surface area contributed by atoms with Crippen LogP contribution >= 0.6 is 0 Å². The monoisotopic (exact) mass is 354 g/mol. The van der Waals surface area contributed by atoms with Gasteiger partial charge in [0.25, 0.3) is 11.8 Å². The van der Waals surface area contributed by atoms with Crippen LogP contribution in [0.3, 0.4) is 0 Å². The summed E-state index contributed by atoms with van der Waals surface area (Å²) in [5, 5.41) is 1.12. The average molecular weight is 354 g/mol. The molecule has 136 valence electrons. The number of imide groups is 1. The van der Waals surface area contributed by atoms with Gasteiger partial charge in [-0.3, -0.25) is 14.5 Å². The van der Waals surface area contributed by atoms with Gasteiger partial charge in [0.15, 0.2) is 0 Å². The van der Waals surface area contributed by atoms with Crippen molar-refractivity contribution >= 4 is 28.6 Å². The molecule has 2 aromatic rings. The molecular weight excluding hydrogens is 332 g/mol. The third kappa shape index (κ3) is 3.08. The van der Waals surface area contributed by atoms with Gasteiger partial charge in [-0.25, -0.2) is 4.79 Å². The zero-order chi connectivity index (χ0) is 18.8. The van der Waals surface area contributed by atoms with Gasteiger partial charge >= 0.3 is 5.97 Å². The Morgan fingerprint density at radius 3 is 2.42 bits per heavy atom. The van der Waals surface area contributed by atoms with Crippen LogP contribution in [-0.2, 0) is 4.74 Å². The second-order valence-corrected chi connectivity index (χ2v) is 6.59. The molecule has 0 N–H and O–H groups in total. The van der Waals surface area contributed by atoms with E-state index in [1.54, 1.807) is 30.3 Å². The summed E-state index contributed by atoms with van der Waals surface area (Å²) < 4.78 is 5.23. The quantitative estimate of drug-likeness (QED) is 0.589. The first-order valence-electron chi connectivity index (χ1n) is 8.69. The Bertz CT molecular complexity index is 867.